The molecule has 3 rings (SSSR count). The molecule has 0 radical (unpaired) electrons. The summed E-state index contributed by atoms with van der Waals surface area (Å²) >= 11 is 0. The minimum absolute atomic E-state index is 0.0286. The summed E-state index contributed by atoms with van der Waals surface area (Å²) in [4.78, 5) is 12.1. The number of nitrogens with one attached hydrogen (secondary N) is 2. The third-order valence-electron chi connectivity index (χ3n) is 3.57. The van der Waals surface area contributed by atoms with Crippen molar-refractivity contribution in [2.24, 2.45) is 0 Å². The fraction of sp³-hybridized carbons (Fsp3) is 0.286. The number of phenols is 1. The van der Waals surface area contributed by atoms with E-state index in [2.05, 4.69) is 15.5 Å². The van der Waals surface area contributed by atoms with Crippen molar-refractivity contribution in [3.8, 4) is 17.0 Å². The molecule has 1 atom stereocenters. The number of aromatic nitrogens is 2. The summed E-state index contributed by atoms with van der Waals surface area (Å²) in [5.74, 6) is -0.261. The summed E-state index contributed by atoms with van der Waals surface area (Å²) in [6.07, 6.45) is 0.425. The molecule has 1 aromatic carbocycles. The van der Waals surface area contributed by atoms with E-state index in [9.17, 15) is 18.3 Å². The van der Waals surface area contributed by atoms with Crippen LogP contribution < -0.4 is 5.32 Å². The van der Waals surface area contributed by atoms with Crippen molar-refractivity contribution in [3.63, 3.8) is 0 Å². The maximum atomic E-state index is 12.1. The first-order valence-electron chi connectivity index (χ1n) is 6.80. The lowest BCUT2D eigenvalue weighted by Crippen LogP contribution is -2.35. The zero-order valence-electron chi connectivity index (χ0n) is 11.6. The zero-order valence-corrected chi connectivity index (χ0v) is 12.4. The molecule has 8 heteroatoms. The van der Waals surface area contributed by atoms with Gasteiger partial charge in [0.2, 0.25) is 0 Å². The van der Waals surface area contributed by atoms with Crippen molar-refractivity contribution < 1.29 is 18.3 Å². The van der Waals surface area contributed by atoms with Crippen molar-refractivity contribution >= 4 is 15.7 Å². The van der Waals surface area contributed by atoms with E-state index in [0.717, 1.165) is 0 Å². The highest BCUT2D eigenvalue weighted by atomic mass is 32.2. The van der Waals surface area contributed by atoms with E-state index in [4.69, 9.17) is 0 Å². The van der Waals surface area contributed by atoms with Gasteiger partial charge in [-0.1, -0.05) is 12.1 Å². The molecule has 1 aliphatic rings. The van der Waals surface area contributed by atoms with E-state index >= 15 is 0 Å². The minimum atomic E-state index is -3.04. The predicted octanol–water partition coefficient (Wildman–Crippen LogP) is 0.699. The summed E-state index contributed by atoms with van der Waals surface area (Å²) in [5, 5.41) is 19.1. The van der Waals surface area contributed by atoms with Crippen LogP contribution in [0.25, 0.3) is 11.3 Å². The molecule has 116 valence electrons. The number of rotatable bonds is 3. The summed E-state index contributed by atoms with van der Waals surface area (Å²) in [6, 6.07) is 7.83. The molecule has 0 spiro atoms. The third-order valence-corrected chi connectivity index (χ3v) is 5.34. The number of carbonyl (C=O) groups excluding carboxylic acids is 1. The summed E-state index contributed by atoms with van der Waals surface area (Å²) < 4.78 is 22.8. The number of carbonyl (C=O) groups is 1. The van der Waals surface area contributed by atoms with Crippen LogP contribution in [0.5, 0.6) is 5.75 Å². The summed E-state index contributed by atoms with van der Waals surface area (Å²) in [7, 11) is -3.04. The second kappa shape index (κ2) is 5.45. The fourth-order valence-electron chi connectivity index (χ4n) is 2.44. The lowest BCUT2D eigenvalue weighted by molar-refractivity contribution is 0.0936. The average Bonchev–Trinajstić information content (AvgIpc) is 3.06. The molecule has 3 N–H and O–H groups in total. The van der Waals surface area contributed by atoms with Crippen molar-refractivity contribution in [3.05, 3.63) is 36.0 Å². The number of aromatic amines is 1. The van der Waals surface area contributed by atoms with Gasteiger partial charge in [0.1, 0.15) is 11.4 Å². The van der Waals surface area contributed by atoms with Crippen LogP contribution in [0.2, 0.25) is 0 Å². The highest BCUT2D eigenvalue weighted by Crippen LogP contribution is 2.27. The predicted molar refractivity (Wildman–Crippen MR) is 80.2 cm³/mol. The van der Waals surface area contributed by atoms with Gasteiger partial charge < -0.3 is 10.4 Å². The number of phenolic OH excluding ortho intramolecular Hbond substituents is 1. The number of nitrogens with zero attached hydrogens (tertiary/aromatic N) is 1. The first-order chi connectivity index (χ1) is 10.4. The highest BCUT2D eigenvalue weighted by Gasteiger charge is 2.29. The molecule has 1 aliphatic heterocycles. The Morgan fingerprint density at radius 3 is 2.82 bits per heavy atom. The Labute approximate surface area is 127 Å². The average molecular weight is 321 g/mol. The van der Waals surface area contributed by atoms with Crippen LogP contribution in [0.1, 0.15) is 16.9 Å². The Balaban J connectivity index is 1.74. The van der Waals surface area contributed by atoms with Gasteiger partial charge in [-0.05, 0) is 24.6 Å². The fourth-order valence-corrected chi connectivity index (χ4v) is 4.11. The summed E-state index contributed by atoms with van der Waals surface area (Å²) in [6.45, 7) is 0. The highest BCUT2D eigenvalue weighted by molar-refractivity contribution is 7.91. The molecule has 2 aromatic rings. The Kier molecular flexibility index (Phi) is 3.61. The molecule has 1 amide bonds. The first-order valence-corrected chi connectivity index (χ1v) is 8.62. The van der Waals surface area contributed by atoms with Crippen LogP contribution in [0.4, 0.5) is 0 Å². The van der Waals surface area contributed by atoms with Gasteiger partial charge in [0.15, 0.2) is 9.84 Å². The normalized spacial score (nSPS) is 19.9. The smallest absolute Gasteiger partial charge is 0.269 e. The first kappa shape index (κ1) is 14.6. The van der Waals surface area contributed by atoms with Gasteiger partial charge in [-0.15, -0.1) is 0 Å². The van der Waals surface area contributed by atoms with E-state index in [0.29, 0.717) is 17.7 Å². The van der Waals surface area contributed by atoms with Gasteiger partial charge >= 0.3 is 0 Å². The van der Waals surface area contributed by atoms with Crippen LogP contribution in [0.15, 0.2) is 30.3 Å². The Morgan fingerprint density at radius 2 is 2.14 bits per heavy atom. The number of hydrogen-bond donors (Lipinski definition) is 3. The topological polar surface area (TPSA) is 112 Å². The number of amides is 1. The summed E-state index contributed by atoms with van der Waals surface area (Å²) in [5.41, 5.74) is 1.19. The largest absolute Gasteiger partial charge is 0.507 e. The number of para-hydroxylation sites is 1. The van der Waals surface area contributed by atoms with E-state index in [1.807, 2.05) is 0 Å². The molecule has 0 saturated carbocycles. The lowest BCUT2D eigenvalue weighted by Gasteiger charge is -2.08. The number of hydrogen-bond acceptors (Lipinski definition) is 5. The van der Waals surface area contributed by atoms with Crippen molar-refractivity contribution in [2.45, 2.75) is 12.5 Å². The van der Waals surface area contributed by atoms with Crippen LogP contribution in [-0.4, -0.2) is 47.2 Å². The van der Waals surface area contributed by atoms with Gasteiger partial charge in [0.25, 0.3) is 5.91 Å². The van der Waals surface area contributed by atoms with Crippen molar-refractivity contribution in [2.75, 3.05) is 11.5 Å². The van der Waals surface area contributed by atoms with Crippen LogP contribution in [-0.2, 0) is 9.84 Å². The number of benzene rings is 1. The standard InChI is InChI=1S/C14H15N3O4S/c18-13-4-2-1-3-10(13)11-7-12(17-16-11)14(19)15-9-5-6-22(20,21)8-9/h1-4,7,9,18H,5-6,8H2,(H,15,19)(H,16,17). The van der Waals surface area contributed by atoms with Crippen LogP contribution in [0, 0.1) is 0 Å². The van der Waals surface area contributed by atoms with Crippen molar-refractivity contribution in [1.82, 2.24) is 15.5 Å². The number of sulfone groups is 1. The number of aromatic hydroxyl groups is 1. The maximum Gasteiger partial charge on any atom is 0.269 e. The molecule has 1 fully saturated rings. The molecule has 2 heterocycles. The molecule has 7 nitrogen and oxygen atoms in total. The lowest BCUT2D eigenvalue weighted by atomic mass is 10.1. The maximum absolute atomic E-state index is 12.1. The molecule has 1 saturated heterocycles. The zero-order chi connectivity index (χ0) is 15.7. The quantitative estimate of drug-likeness (QED) is 0.770. The Morgan fingerprint density at radius 1 is 1.36 bits per heavy atom. The SMILES string of the molecule is O=C(NC1CCS(=O)(=O)C1)c1cc(-c2ccccc2O)n[nH]1. The second-order valence-electron chi connectivity index (χ2n) is 5.26. The van der Waals surface area contributed by atoms with Crippen molar-refractivity contribution in [1.29, 1.82) is 0 Å². The molecular weight excluding hydrogens is 306 g/mol. The van der Waals surface area contributed by atoms with Crippen LogP contribution in [0.3, 0.4) is 0 Å². The van der Waals surface area contributed by atoms with E-state index < -0.39 is 15.7 Å². The van der Waals surface area contributed by atoms with E-state index in [1.54, 1.807) is 18.2 Å². The third kappa shape index (κ3) is 2.96. The molecule has 1 aromatic heterocycles. The Hall–Kier alpha value is -2.35. The van der Waals surface area contributed by atoms with E-state index in [1.165, 1.54) is 12.1 Å². The molecule has 0 bridgehead atoms. The van der Waals surface area contributed by atoms with Gasteiger partial charge in [0, 0.05) is 11.6 Å². The van der Waals surface area contributed by atoms with Gasteiger partial charge in [-0.2, -0.15) is 5.10 Å². The minimum Gasteiger partial charge on any atom is -0.507 e. The van der Waals surface area contributed by atoms with Gasteiger partial charge in [-0.25, -0.2) is 8.42 Å². The molecule has 1 unspecified atom stereocenters. The van der Waals surface area contributed by atoms with Gasteiger partial charge in [0.05, 0.1) is 17.2 Å². The molecule has 0 aliphatic carbocycles. The van der Waals surface area contributed by atoms with Gasteiger partial charge in [-0.3, -0.25) is 9.89 Å². The van der Waals surface area contributed by atoms with Crippen LogP contribution >= 0.6 is 0 Å². The van der Waals surface area contributed by atoms with E-state index in [-0.39, 0.29) is 29.0 Å². The number of H-pyrrole nitrogens is 1. The molecule has 22 heavy (non-hydrogen) atoms. The second-order valence-corrected chi connectivity index (χ2v) is 7.49. The monoisotopic (exact) mass is 321 g/mol. The Bertz CT molecular complexity index is 813. The molecular formula is C14H15N3O4S.